The van der Waals surface area contributed by atoms with Gasteiger partial charge in [0.15, 0.2) is 0 Å². The molecule has 0 spiro atoms. The van der Waals surface area contributed by atoms with Gasteiger partial charge in [-0.2, -0.15) is 0 Å². The van der Waals surface area contributed by atoms with Crippen LogP contribution in [0.1, 0.15) is 23.1 Å². The van der Waals surface area contributed by atoms with E-state index in [1.165, 1.54) is 12.1 Å². The lowest BCUT2D eigenvalue weighted by atomic mass is 10.1. The van der Waals surface area contributed by atoms with Crippen molar-refractivity contribution in [3.63, 3.8) is 0 Å². The summed E-state index contributed by atoms with van der Waals surface area (Å²) >= 11 is 0. The molecule has 11 heteroatoms. The predicted octanol–water partition coefficient (Wildman–Crippen LogP) is 2.82. The molecule has 11 nitrogen and oxygen atoms in total. The van der Waals surface area contributed by atoms with E-state index >= 15 is 0 Å². The highest BCUT2D eigenvalue weighted by Crippen LogP contribution is 2.27. The fourth-order valence-electron chi connectivity index (χ4n) is 4.29. The molecule has 0 bridgehead atoms. The first-order valence-corrected chi connectivity index (χ1v) is 11.5. The van der Waals surface area contributed by atoms with Crippen LogP contribution in [0, 0.1) is 20.9 Å². The molecule has 0 radical (unpaired) electrons. The highest BCUT2D eigenvalue weighted by molar-refractivity contribution is 5.97. The summed E-state index contributed by atoms with van der Waals surface area (Å²) in [6, 6.07) is 19.3. The number of rotatable bonds is 9. The Hall–Kier alpha value is -4.77. The Morgan fingerprint density at radius 3 is 2.41 bits per heavy atom. The molecular formula is C26H27N7O4. The van der Waals surface area contributed by atoms with Crippen LogP contribution in [-0.2, 0) is 11.3 Å². The van der Waals surface area contributed by atoms with Crippen LogP contribution >= 0.6 is 0 Å². The van der Waals surface area contributed by atoms with E-state index in [-0.39, 0.29) is 29.4 Å². The number of nitrogens with one attached hydrogen (secondary N) is 3. The first kappa shape index (κ1) is 25.3. The lowest BCUT2D eigenvalue weighted by Gasteiger charge is -2.23. The molecule has 1 amide bonds. The number of nitro benzene ring substituents is 1. The zero-order chi connectivity index (χ0) is 26.5. The van der Waals surface area contributed by atoms with Gasteiger partial charge in [-0.15, -0.1) is 0 Å². The van der Waals surface area contributed by atoms with E-state index in [1.54, 1.807) is 60.7 Å². The highest BCUT2D eigenvalue weighted by Gasteiger charge is 2.38. The van der Waals surface area contributed by atoms with E-state index in [0.29, 0.717) is 47.6 Å². The Morgan fingerprint density at radius 1 is 1.03 bits per heavy atom. The smallest absolute Gasteiger partial charge is 0.269 e. The Kier molecular flexibility index (Phi) is 7.44. The SMILES string of the molecule is N=C(N)c1ccc(NC(=O)[C@@H]2C[C@@H](Oc3cccc(C(=N)N)c3)CN2Cc2cccc([N+](=O)[O-])c2)cc1. The summed E-state index contributed by atoms with van der Waals surface area (Å²) in [5.41, 5.74) is 13.4. The average molecular weight is 502 g/mol. The maximum Gasteiger partial charge on any atom is 0.269 e. The molecule has 2 atom stereocenters. The number of nitrogens with two attached hydrogens (primary N) is 2. The van der Waals surface area contributed by atoms with Crippen molar-refractivity contribution >= 4 is 29.0 Å². The first-order valence-electron chi connectivity index (χ1n) is 11.5. The highest BCUT2D eigenvalue weighted by atomic mass is 16.6. The van der Waals surface area contributed by atoms with E-state index < -0.39 is 11.0 Å². The Morgan fingerprint density at radius 2 is 1.73 bits per heavy atom. The van der Waals surface area contributed by atoms with Gasteiger partial charge in [0.25, 0.3) is 5.69 Å². The molecule has 7 N–H and O–H groups in total. The number of anilines is 1. The third kappa shape index (κ3) is 6.27. The van der Waals surface area contributed by atoms with Gasteiger partial charge in [0.2, 0.25) is 5.91 Å². The lowest BCUT2D eigenvalue weighted by molar-refractivity contribution is -0.384. The van der Waals surface area contributed by atoms with Crippen LogP contribution in [0.25, 0.3) is 0 Å². The number of nitro groups is 1. The number of carbonyl (C=O) groups excluding carboxylic acids is 1. The van der Waals surface area contributed by atoms with E-state index in [2.05, 4.69) is 5.32 Å². The van der Waals surface area contributed by atoms with E-state index in [0.717, 1.165) is 0 Å². The number of amides is 1. The molecule has 0 unspecified atom stereocenters. The Labute approximate surface area is 213 Å². The molecule has 1 fully saturated rings. The maximum atomic E-state index is 13.3. The van der Waals surface area contributed by atoms with Crippen molar-refractivity contribution in [1.82, 2.24) is 4.90 Å². The van der Waals surface area contributed by atoms with Crippen LogP contribution in [0.2, 0.25) is 0 Å². The molecule has 4 rings (SSSR count). The van der Waals surface area contributed by atoms with Gasteiger partial charge < -0.3 is 21.5 Å². The fraction of sp³-hybridized carbons (Fsp3) is 0.192. The van der Waals surface area contributed by atoms with Crippen LogP contribution in [0.3, 0.4) is 0 Å². The zero-order valence-corrected chi connectivity index (χ0v) is 19.9. The van der Waals surface area contributed by atoms with Crippen molar-refractivity contribution in [2.75, 3.05) is 11.9 Å². The second-order valence-corrected chi connectivity index (χ2v) is 8.77. The van der Waals surface area contributed by atoms with Gasteiger partial charge in [-0.25, -0.2) is 0 Å². The minimum atomic E-state index is -0.562. The maximum absolute atomic E-state index is 13.3. The van der Waals surface area contributed by atoms with Crippen LogP contribution in [0.5, 0.6) is 5.75 Å². The number of likely N-dealkylation sites (tertiary alicyclic amines) is 1. The topological polar surface area (TPSA) is 184 Å². The summed E-state index contributed by atoms with van der Waals surface area (Å²) in [4.78, 5) is 26.0. The Balaban J connectivity index is 1.54. The average Bonchev–Trinajstić information content (AvgIpc) is 3.26. The first-order chi connectivity index (χ1) is 17.7. The van der Waals surface area contributed by atoms with E-state index in [9.17, 15) is 14.9 Å². The number of benzene rings is 3. The third-order valence-corrected chi connectivity index (χ3v) is 6.09. The molecule has 37 heavy (non-hydrogen) atoms. The standard InChI is InChI=1S/C26H27N7O4/c27-24(28)17-7-9-19(10-8-17)31-26(34)23-13-22(37-21-6-2-4-18(12-21)25(29)30)15-32(23)14-16-3-1-5-20(11-16)33(35)36/h1-12,22-23H,13-15H2,(H3,27,28)(H3,29,30)(H,31,34)/t22-,23+/m1/s1. The zero-order valence-electron chi connectivity index (χ0n) is 19.9. The van der Waals surface area contributed by atoms with Gasteiger partial charge in [-0.05, 0) is 42.0 Å². The summed E-state index contributed by atoms with van der Waals surface area (Å²) in [5, 5.41) is 29.3. The third-order valence-electron chi connectivity index (χ3n) is 6.09. The van der Waals surface area contributed by atoms with Gasteiger partial charge in [-0.3, -0.25) is 30.6 Å². The normalized spacial score (nSPS) is 17.2. The van der Waals surface area contributed by atoms with Crippen LogP contribution in [0.15, 0.2) is 72.8 Å². The number of amidine groups is 2. The summed E-state index contributed by atoms with van der Waals surface area (Å²) in [7, 11) is 0. The van der Waals surface area contributed by atoms with Gasteiger partial charge in [0, 0.05) is 48.5 Å². The minimum absolute atomic E-state index is 0.0166. The minimum Gasteiger partial charge on any atom is -0.489 e. The molecule has 1 heterocycles. The second kappa shape index (κ2) is 10.9. The lowest BCUT2D eigenvalue weighted by Crippen LogP contribution is -2.39. The number of carbonyl (C=O) groups is 1. The van der Waals surface area contributed by atoms with Gasteiger partial charge >= 0.3 is 0 Å². The van der Waals surface area contributed by atoms with Crippen molar-refractivity contribution in [1.29, 1.82) is 10.8 Å². The summed E-state index contributed by atoms with van der Waals surface area (Å²) in [6.07, 6.45) is 0.0492. The molecule has 3 aromatic carbocycles. The number of hydrogen-bond donors (Lipinski definition) is 5. The molecule has 0 saturated carbocycles. The van der Waals surface area contributed by atoms with E-state index in [4.69, 9.17) is 27.0 Å². The number of nitrogen functional groups attached to an aromatic ring is 2. The predicted molar refractivity (Wildman–Crippen MR) is 140 cm³/mol. The number of ether oxygens (including phenoxy) is 1. The molecule has 0 aliphatic carbocycles. The van der Waals surface area contributed by atoms with Crippen molar-refractivity contribution in [3.8, 4) is 5.75 Å². The van der Waals surface area contributed by atoms with Gasteiger partial charge in [0.05, 0.1) is 11.0 Å². The molecule has 1 aliphatic heterocycles. The second-order valence-electron chi connectivity index (χ2n) is 8.77. The molecule has 3 aromatic rings. The Bertz CT molecular complexity index is 1340. The van der Waals surface area contributed by atoms with Crippen LogP contribution < -0.4 is 21.5 Å². The number of non-ortho nitro benzene ring substituents is 1. The van der Waals surface area contributed by atoms with Crippen molar-refractivity contribution < 1.29 is 14.5 Å². The molecule has 1 aliphatic rings. The number of nitrogens with zero attached hydrogens (tertiary/aromatic N) is 2. The van der Waals surface area contributed by atoms with Crippen molar-refractivity contribution in [2.45, 2.75) is 25.1 Å². The molecule has 190 valence electrons. The van der Waals surface area contributed by atoms with Crippen LogP contribution in [-0.4, -0.2) is 46.1 Å². The summed E-state index contributed by atoms with van der Waals surface area (Å²) < 4.78 is 6.15. The molecular weight excluding hydrogens is 474 g/mol. The number of hydrogen-bond acceptors (Lipinski definition) is 7. The van der Waals surface area contributed by atoms with Crippen molar-refractivity contribution in [3.05, 3.63) is 99.6 Å². The summed E-state index contributed by atoms with van der Waals surface area (Å²) in [6.45, 7) is 0.727. The largest absolute Gasteiger partial charge is 0.489 e. The quantitative estimate of drug-likeness (QED) is 0.129. The summed E-state index contributed by atoms with van der Waals surface area (Å²) in [5.74, 6) is 0.154. The van der Waals surface area contributed by atoms with Gasteiger partial charge in [0.1, 0.15) is 23.5 Å². The van der Waals surface area contributed by atoms with Gasteiger partial charge in [-0.1, -0.05) is 24.3 Å². The monoisotopic (exact) mass is 501 g/mol. The molecule has 0 aromatic heterocycles. The fourth-order valence-corrected chi connectivity index (χ4v) is 4.29. The van der Waals surface area contributed by atoms with Crippen molar-refractivity contribution in [2.24, 2.45) is 11.5 Å². The van der Waals surface area contributed by atoms with Crippen LogP contribution in [0.4, 0.5) is 11.4 Å². The molecule has 1 saturated heterocycles. The van der Waals surface area contributed by atoms with E-state index in [1.807, 2.05) is 4.90 Å².